The van der Waals surface area contributed by atoms with E-state index >= 15 is 0 Å². The molecule has 122 valence electrons. The summed E-state index contributed by atoms with van der Waals surface area (Å²) in [5, 5.41) is 6.91. The molecule has 0 aromatic heterocycles. The predicted molar refractivity (Wildman–Crippen MR) is 89.2 cm³/mol. The molecule has 2 N–H and O–H groups in total. The van der Waals surface area contributed by atoms with Crippen molar-refractivity contribution in [3.05, 3.63) is 28.8 Å². The van der Waals surface area contributed by atoms with Gasteiger partial charge in [-0.05, 0) is 55.5 Å². The number of halogens is 1. The first kappa shape index (κ1) is 17.1. The van der Waals surface area contributed by atoms with Gasteiger partial charge in [-0.15, -0.1) is 0 Å². The highest BCUT2D eigenvalue weighted by atomic mass is 35.5. The molecule has 0 aliphatic carbocycles. The highest BCUT2D eigenvalue weighted by Gasteiger charge is 2.21. The van der Waals surface area contributed by atoms with E-state index in [-0.39, 0.29) is 5.91 Å². The van der Waals surface area contributed by atoms with Gasteiger partial charge in [-0.25, -0.2) is 0 Å². The molecule has 1 unspecified atom stereocenters. The van der Waals surface area contributed by atoms with Crippen LogP contribution in [0.25, 0.3) is 0 Å². The van der Waals surface area contributed by atoms with Crippen molar-refractivity contribution in [3.8, 4) is 5.75 Å². The lowest BCUT2D eigenvalue weighted by molar-refractivity contribution is -0.122. The summed E-state index contributed by atoms with van der Waals surface area (Å²) < 4.78 is 5.12. The lowest BCUT2D eigenvalue weighted by Gasteiger charge is -2.27. The number of benzene rings is 1. The summed E-state index contributed by atoms with van der Waals surface area (Å²) >= 11 is 6.09. The minimum atomic E-state index is 0.109. The summed E-state index contributed by atoms with van der Waals surface area (Å²) in [7, 11) is 1.59. The van der Waals surface area contributed by atoms with Gasteiger partial charge in [-0.3, -0.25) is 4.79 Å². The van der Waals surface area contributed by atoms with Gasteiger partial charge in [0.1, 0.15) is 5.75 Å². The third kappa shape index (κ3) is 4.89. The Bertz CT molecular complexity index is 501. The average Bonchev–Trinajstić information content (AvgIpc) is 2.54. The van der Waals surface area contributed by atoms with Crippen LogP contribution in [0.15, 0.2) is 18.2 Å². The lowest BCUT2D eigenvalue weighted by atomic mass is 9.84. The standard InChI is InChI=1S/C17H25ClN2O2/c1-12(14-5-7-19-8-6-14)9-17(21)20-11-13-3-4-16(22-2)15(18)10-13/h3-4,10,12,14,19H,5-9,11H2,1-2H3,(H,20,21). The monoisotopic (exact) mass is 324 g/mol. The summed E-state index contributed by atoms with van der Waals surface area (Å²) in [4.78, 5) is 12.1. The maximum atomic E-state index is 12.1. The Morgan fingerprint density at radius 3 is 2.82 bits per heavy atom. The molecule has 0 spiro atoms. The number of amides is 1. The van der Waals surface area contributed by atoms with Crippen molar-refractivity contribution in [2.24, 2.45) is 11.8 Å². The van der Waals surface area contributed by atoms with Crippen LogP contribution >= 0.6 is 11.6 Å². The number of carbonyl (C=O) groups excluding carboxylic acids is 1. The minimum Gasteiger partial charge on any atom is -0.495 e. The number of carbonyl (C=O) groups is 1. The van der Waals surface area contributed by atoms with Crippen LogP contribution in [0.2, 0.25) is 5.02 Å². The Kier molecular flexibility index (Phi) is 6.52. The summed E-state index contributed by atoms with van der Waals surface area (Å²) in [6.45, 7) is 4.82. The van der Waals surface area contributed by atoms with E-state index in [0.717, 1.165) is 18.7 Å². The van der Waals surface area contributed by atoms with Gasteiger partial charge in [0.05, 0.1) is 12.1 Å². The van der Waals surface area contributed by atoms with Gasteiger partial charge in [-0.2, -0.15) is 0 Å². The van der Waals surface area contributed by atoms with Crippen LogP contribution in [0.4, 0.5) is 0 Å². The fourth-order valence-corrected chi connectivity index (χ4v) is 3.25. The second-order valence-corrected chi connectivity index (χ2v) is 6.42. The largest absolute Gasteiger partial charge is 0.495 e. The van der Waals surface area contributed by atoms with E-state index in [2.05, 4.69) is 17.6 Å². The maximum Gasteiger partial charge on any atom is 0.220 e. The van der Waals surface area contributed by atoms with Crippen molar-refractivity contribution >= 4 is 17.5 Å². The summed E-state index contributed by atoms with van der Waals surface area (Å²) in [6, 6.07) is 5.57. The van der Waals surface area contributed by atoms with Gasteiger partial charge in [0.15, 0.2) is 0 Å². The Balaban J connectivity index is 1.78. The molecule has 1 aliphatic heterocycles. The van der Waals surface area contributed by atoms with Gasteiger partial charge < -0.3 is 15.4 Å². The third-order valence-electron chi connectivity index (χ3n) is 4.40. The van der Waals surface area contributed by atoms with Crippen LogP contribution in [-0.4, -0.2) is 26.1 Å². The second kappa shape index (κ2) is 8.39. The van der Waals surface area contributed by atoms with E-state index in [0.29, 0.717) is 35.6 Å². The number of piperidine rings is 1. The van der Waals surface area contributed by atoms with Crippen molar-refractivity contribution in [1.82, 2.24) is 10.6 Å². The van der Waals surface area contributed by atoms with Crippen LogP contribution in [-0.2, 0) is 11.3 Å². The Hall–Kier alpha value is -1.26. The molecule has 0 saturated carbocycles. The van der Waals surface area contributed by atoms with Crippen LogP contribution in [0.1, 0.15) is 31.7 Å². The Morgan fingerprint density at radius 1 is 1.45 bits per heavy atom. The van der Waals surface area contributed by atoms with Crippen LogP contribution < -0.4 is 15.4 Å². The van der Waals surface area contributed by atoms with Gasteiger partial charge in [-0.1, -0.05) is 24.6 Å². The van der Waals surface area contributed by atoms with Crippen LogP contribution in [0.5, 0.6) is 5.75 Å². The van der Waals surface area contributed by atoms with E-state index < -0.39 is 0 Å². The first-order valence-electron chi connectivity index (χ1n) is 7.90. The predicted octanol–water partition coefficient (Wildman–Crippen LogP) is 2.99. The van der Waals surface area contributed by atoms with Gasteiger partial charge in [0, 0.05) is 13.0 Å². The van der Waals surface area contributed by atoms with Crippen LogP contribution in [0, 0.1) is 11.8 Å². The van der Waals surface area contributed by atoms with Crippen molar-refractivity contribution in [3.63, 3.8) is 0 Å². The zero-order chi connectivity index (χ0) is 15.9. The van der Waals surface area contributed by atoms with E-state index in [1.807, 2.05) is 18.2 Å². The quantitative estimate of drug-likeness (QED) is 0.845. The molecule has 4 nitrogen and oxygen atoms in total. The second-order valence-electron chi connectivity index (χ2n) is 6.01. The smallest absolute Gasteiger partial charge is 0.220 e. The van der Waals surface area contributed by atoms with Crippen molar-refractivity contribution in [2.75, 3.05) is 20.2 Å². The molecule has 1 aromatic rings. The molecular formula is C17H25ClN2O2. The Morgan fingerprint density at radius 2 is 2.18 bits per heavy atom. The summed E-state index contributed by atoms with van der Waals surface area (Å²) in [5.41, 5.74) is 0.980. The van der Waals surface area contributed by atoms with E-state index in [1.165, 1.54) is 12.8 Å². The van der Waals surface area contributed by atoms with Gasteiger partial charge in [0.25, 0.3) is 0 Å². The summed E-state index contributed by atoms with van der Waals surface area (Å²) in [5.74, 6) is 1.85. The average molecular weight is 325 g/mol. The van der Waals surface area contributed by atoms with Crippen molar-refractivity contribution < 1.29 is 9.53 Å². The van der Waals surface area contributed by atoms with Crippen molar-refractivity contribution in [2.45, 2.75) is 32.7 Å². The number of rotatable bonds is 6. The number of hydrogen-bond donors (Lipinski definition) is 2. The molecule has 0 radical (unpaired) electrons. The molecule has 1 amide bonds. The number of nitrogens with one attached hydrogen (secondary N) is 2. The number of hydrogen-bond acceptors (Lipinski definition) is 3. The molecule has 1 heterocycles. The molecule has 0 bridgehead atoms. The zero-order valence-electron chi connectivity index (χ0n) is 13.3. The SMILES string of the molecule is COc1ccc(CNC(=O)CC(C)C2CCNCC2)cc1Cl. The maximum absolute atomic E-state index is 12.1. The van der Waals surface area contributed by atoms with E-state index in [9.17, 15) is 4.79 Å². The van der Waals surface area contributed by atoms with Crippen LogP contribution in [0.3, 0.4) is 0 Å². The van der Waals surface area contributed by atoms with E-state index in [1.54, 1.807) is 7.11 Å². The first-order chi connectivity index (χ1) is 10.6. The molecule has 22 heavy (non-hydrogen) atoms. The highest BCUT2D eigenvalue weighted by Crippen LogP contribution is 2.25. The van der Waals surface area contributed by atoms with Gasteiger partial charge in [0.2, 0.25) is 5.91 Å². The molecular weight excluding hydrogens is 300 g/mol. The molecule has 1 aliphatic rings. The first-order valence-corrected chi connectivity index (χ1v) is 8.27. The lowest BCUT2D eigenvalue weighted by Crippen LogP contribution is -2.33. The molecule has 1 fully saturated rings. The van der Waals surface area contributed by atoms with Crippen molar-refractivity contribution in [1.29, 1.82) is 0 Å². The highest BCUT2D eigenvalue weighted by molar-refractivity contribution is 6.32. The third-order valence-corrected chi connectivity index (χ3v) is 4.70. The molecule has 1 aromatic carbocycles. The number of methoxy groups -OCH3 is 1. The normalized spacial score (nSPS) is 17.0. The number of ether oxygens (including phenoxy) is 1. The zero-order valence-corrected chi connectivity index (χ0v) is 14.1. The summed E-state index contributed by atoms with van der Waals surface area (Å²) in [6.07, 6.45) is 2.93. The van der Waals surface area contributed by atoms with E-state index in [4.69, 9.17) is 16.3 Å². The van der Waals surface area contributed by atoms with Gasteiger partial charge >= 0.3 is 0 Å². The molecule has 2 rings (SSSR count). The topological polar surface area (TPSA) is 50.4 Å². The Labute approximate surface area is 137 Å². The molecule has 1 saturated heterocycles. The molecule has 5 heteroatoms. The minimum absolute atomic E-state index is 0.109. The fraction of sp³-hybridized carbons (Fsp3) is 0.588. The fourth-order valence-electron chi connectivity index (χ4n) is 2.97. The molecule has 1 atom stereocenters.